The Morgan fingerprint density at radius 3 is 2.35 bits per heavy atom. The summed E-state index contributed by atoms with van der Waals surface area (Å²) >= 11 is 6.54. The Bertz CT molecular complexity index is 1080. The van der Waals surface area contributed by atoms with Crippen LogP contribution in [0.5, 0.6) is 0 Å². The van der Waals surface area contributed by atoms with Gasteiger partial charge in [-0.1, -0.05) is 42.6 Å². The number of amides is 3. The molecule has 1 aromatic carbocycles. The van der Waals surface area contributed by atoms with Crippen LogP contribution in [0, 0.1) is 0 Å². The molecule has 0 radical (unpaired) electrons. The average Bonchev–Trinajstić information content (AvgIpc) is 3.46. The van der Waals surface area contributed by atoms with Crippen molar-refractivity contribution in [1.29, 1.82) is 0 Å². The SMILES string of the molecule is O=C(C[C@]1(c2ccccc2Cl)CC(=O)N(C2CCCC2)C1=O)N1CCN(c2ncccn2)CC1. The summed E-state index contributed by atoms with van der Waals surface area (Å²) in [5, 5.41) is 0.413. The summed E-state index contributed by atoms with van der Waals surface area (Å²) in [6, 6.07) is 8.80. The van der Waals surface area contributed by atoms with E-state index >= 15 is 0 Å². The summed E-state index contributed by atoms with van der Waals surface area (Å²) in [6.45, 7) is 2.22. The van der Waals surface area contributed by atoms with Gasteiger partial charge < -0.3 is 9.80 Å². The molecule has 0 spiro atoms. The molecule has 2 aliphatic heterocycles. The van der Waals surface area contributed by atoms with E-state index in [0.29, 0.717) is 42.7 Å². The molecular weight excluding hydrogens is 454 g/mol. The Morgan fingerprint density at radius 1 is 1.00 bits per heavy atom. The predicted octanol–water partition coefficient (Wildman–Crippen LogP) is 2.81. The number of carbonyl (C=O) groups is 3. The molecule has 0 bridgehead atoms. The fourth-order valence-electron chi connectivity index (χ4n) is 5.57. The first-order chi connectivity index (χ1) is 16.5. The quantitative estimate of drug-likeness (QED) is 0.610. The molecule has 5 rings (SSSR count). The topological polar surface area (TPSA) is 86.7 Å². The van der Waals surface area contributed by atoms with Crippen LogP contribution in [0.2, 0.25) is 5.02 Å². The second-order valence-electron chi connectivity index (χ2n) is 9.34. The van der Waals surface area contributed by atoms with Crippen LogP contribution in [0.25, 0.3) is 0 Å². The van der Waals surface area contributed by atoms with Crippen molar-refractivity contribution in [1.82, 2.24) is 19.8 Å². The summed E-state index contributed by atoms with van der Waals surface area (Å²) in [5.41, 5.74) is -0.686. The van der Waals surface area contributed by atoms with Crippen LogP contribution in [0.3, 0.4) is 0 Å². The summed E-state index contributed by atoms with van der Waals surface area (Å²) in [7, 11) is 0. The lowest BCUT2D eigenvalue weighted by molar-refractivity contribution is -0.144. The molecule has 8 nitrogen and oxygen atoms in total. The fraction of sp³-hybridized carbons (Fsp3) is 0.480. The number of benzene rings is 1. The lowest BCUT2D eigenvalue weighted by Gasteiger charge is -2.37. The van der Waals surface area contributed by atoms with E-state index in [1.165, 1.54) is 4.90 Å². The predicted molar refractivity (Wildman–Crippen MR) is 127 cm³/mol. The Kier molecular flexibility index (Phi) is 6.25. The molecule has 3 heterocycles. The fourth-order valence-corrected chi connectivity index (χ4v) is 5.88. The van der Waals surface area contributed by atoms with Gasteiger partial charge in [-0.2, -0.15) is 0 Å². The lowest BCUT2D eigenvalue weighted by Crippen LogP contribution is -2.51. The third-order valence-corrected chi connectivity index (χ3v) is 7.68. The van der Waals surface area contributed by atoms with Crippen LogP contribution in [0.15, 0.2) is 42.7 Å². The number of hydrogen-bond donors (Lipinski definition) is 0. The minimum atomic E-state index is -1.26. The highest BCUT2D eigenvalue weighted by molar-refractivity contribution is 6.32. The van der Waals surface area contributed by atoms with E-state index in [2.05, 4.69) is 9.97 Å². The number of anilines is 1. The van der Waals surface area contributed by atoms with Crippen molar-refractivity contribution < 1.29 is 14.4 Å². The van der Waals surface area contributed by atoms with Crippen molar-refractivity contribution in [2.24, 2.45) is 0 Å². The molecule has 9 heteroatoms. The van der Waals surface area contributed by atoms with Gasteiger partial charge in [0.05, 0.1) is 5.41 Å². The first-order valence-corrected chi connectivity index (χ1v) is 12.3. The zero-order valence-electron chi connectivity index (χ0n) is 19.0. The highest BCUT2D eigenvalue weighted by Gasteiger charge is 2.56. The Balaban J connectivity index is 1.38. The summed E-state index contributed by atoms with van der Waals surface area (Å²) < 4.78 is 0. The summed E-state index contributed by atoms with van der Waals surface area (Å²) in [4.78, 5) is 54.4. The van der Waals surface area contributed by atoms with Crippen molar-refractivity contribution in [2.45, 2.75) is 50.0 Å². The van der Waals surface area contributed by atoms with Gasteiger partial charge in [-0.15, -0.1) is 0 Å². The van der Waals surface area contributed by atoms with Crippen molar-refractivity contribution in [3.05, 3.63) is 53.3 Å². The molecule has 1 aromatic heterocycles. The first kappa shape index (κ1) is 22.8. The van der Waals surface area contributed by atoms with Crippen LogP contribution < -0.4 is 4.90 Å². The average molecular weight is 482 g/mol. The van der Waals surface area contributed by atoms with E-state index in [1.807, 2.05) is 11.0 Å². The number of halogens is 1. The van der Waals surface area contributed by atoms with Crippen LogP contribution in [0.1, 0.15) is 44.1 Å². The molecule has 3 fully saturated rings. The second kappa shape index (κ2) is 9.33. The first-order valence-electron chi connectivity index (χ1n) is 11.9. The molecule has 1 saturated carbocycles. The number of aromatic nitrogens is 2. The Labute approximate surface area is 203 Å². The molecule has 0 N–H and O–H groups in total. The van der Waals surface area contributed by atoms with Crippen LogP contribution in [0.4, 0.5) is 5.95 Å². The monoisotopic (exact) mass is 481 g/mol. The molecule has 2 aromatic rings. The van der Waals surface area contributed by atoms with Gasteiger partial charge in [0, 0.05) is 62.5 Å². The van der Waals surface area contributed by atoms with E-state index in [1.54, 1.807) is 41.6 Å². The number of piperazine rings is 1. The molecular formula is C25H28ClN5O3. The van der Waals surface area contributed by atoms with Gasteiger partial charge in [-0.3, -0.25) is 19.3 Å². The van der Waals surface area contributed by atoms with Crippen molar-refractivity contribution in [2.75, 3.05) is 31.1 Å². The number of imide groups is 1. The smallest absolute Gasteiger partial charge is 0.241 e. The van der Waals surface area contributed by atoms with Gasteiger partial charge in [-0.05, 0) is 30.5 Å². The van der Waals surface area contributed by atoms with Gasteiger partial charge in [0.1, 0.15) is 0 Å². The Morgan fingerprint density at radius 2 is 1.68 bits per heavy atom. The zero-order valence-corrected chi connectivity index (χ0v) is 19.8. The van der Waals surface area contributed by atoms with Gasteiger partial charge >= 0.3 is 0 Å². The van der Waals surface area contributed by atoms with E-state index in [4.69, 9.17) is 11.6 Å². The van der Waals surface area contributed by atoms with E-state index < -0.39 is 5.41 Å². The molecule has 178 valence electrons. The normalized spacial score (nSPS) is 23.7. The highest BCUT2D eigenvalue weighted by Crippen LogP contribution is 2.45. The van der Waals surface area contributed by atoms with Gasteiger partial charge in [0.2, 0.25) is 23.7 Å². The van der Waals surface area contributed by atoms with Crippen LogP contribution in [-0.4, -0.2) is 69.7 Å². The van der Waals surface area contributed by atoms with E-state index in [-0.39, 0.29) is 36.6 Å². The second-order valence-corrected chi connectivity index (χ2v) is 9.75. The highest BCUT2D eigenvalue weighted by atomic mass is 35.5. The minimum Gasteiger partial charge on any atom is -0.339 e. The van der Waals surface area contributed by atoms with Gasteiger partial charge in [0.25, 0.3) is 0 Å². The molecule has 34 heavy (non-hydrogen) atoms. The maximum Gasteiger partial charge on any atom is 0.241 e. The third-order valence-electron chi connectivity index (χ3n) is 7.35. The van der Waals surface area contributed by atoms with Crippen molar-refractivity contribution >= 4 is 35.3 Å². The maximum absolute atomic E-state index is 13.9. The number of likely N-dealkylation sites (tertiary alicyclic amines) is 1. The third kappa shape index (κ3) is 4.04. The molecule has 2 saturated heterocycles. The Hall–Kier alpha value is -3.00. The van der Waals surface area contributed by atoms with E-state index in [0.717, 1.165) is 25.7 Å². The van der Waals surface area contributed by atoms with Gasteiger partial charge in [0.15, 0.2) is 0 Å². The summed E-state index contributed by atoms with van der Waals surface area (Å²) in [5.74, 6) is 0.0340. The maximum atomic E-state index is 13.9. The van der Waals surface area contributed by atoms with Crippen LogP contribution in [-0.2, 0) is 19.8 Å². The zero-order chi connectivity index (χ0) is 23.7. The summed E-state index contributed by atoms with van der Waals surface area (Å²) in [6.07, 6.45) is 6.99. The number of rotatable bonds is 5. The largest absolute Gasteiger partial charge is 0.339 e. The standard InChI is InChI=1S/C25H28ClN5O3/c26-20-9-4-3-8-19(20)25(17-22(33)31(23(25)34)18-6-1-2-7-18)16-21(32)29-12-14-30(15-13-29)24-27-10-5-11-28-24/h3-5,8-11,18H,1-2,6-7,12-17H2/t25-/m1/s1. The molecule has 1 atom stereocenters. The molecule has 1 aliphatic carbocycles. The molecule has 3 aliphatic rings. The van der Waals surface area contributed by atoms with Crippen molar-refractivity contribution in [3.8, 4) is 0 Å². The lowest BCUT2D eigenvalue weighted by atomic mass is 9.75. The molecule has 3 amide bonds. The van der Waals surface area contributed by atoms with Gasteiger partial charge in [-0.25, -0.2) is 9.97 Å². The molecule has 0 unspecified atom stereocenters. The van der Waals surface area contributed by atoms with Crippen molar-refractivity contribution in [3.63, 3.8) is 0 Å². The van der Waals surface area contributed by atoms with Crippen LogP contribution >= 0.6 is 11.6 Å². The number of hydrogen-bond acceptors (Lipinski definition) is 6. The number of carbonyl (C=O) groups excluding carboxylic acids is 3. The minimum absolute atomic E-state index is 0.0182. The van der Waals surface area contributed by atoms with E-state index in [9.17, 15) is 14.4 Å². The number of nitrogens with zero attached hydrogens (tertiary/aromatic N) is 5.